The Bertz CT molecular complexity index is 469. The van der Waals surface area contributed by atoms with E-state index in [0.29, 0.717) is 5.41 Å². The van der Waals surface area contributed by atoms with Gasteiger partial charge in [0.2, 0.25) is 0 Å². The first kappa shape index (κ1) is 23.5. The Morgan fingerprint density at radius 1 is 0.690 bits per heavy atom. The van der Waals surface area contributed by atoms with E-state index in [4.69, 9.17) is 0 Å². The minimum Gasteiger partial charge on any atom is -0.269 e. The Kier molecular flexibility index (Phi) is 8.08. The van der Waals surface area contributed by atoms with Crippen LogP contribution in [0.4, 0.5) is 0 Å². The highest BCUT2D eigenvalue weighted by atomic mass is 15.9. The molecular formula is C25H50N4. The zero-order chi connectivity index (χ0) is 21.0. The van der Waals surface area contributed by atoms with E-state index in [1.165, 1.54) is 110 Å². The number of nitrogens with one attached hydrogen (secondary N) is 1. The number of nitrogens with zero attached hydrogens (tertiary/aromatic N) is 3. The smallest absolute Gasteiger partial charge is 0.151 e. The maximum absolute atomic E-state index is 4.08. The van der Waals surface area contributed by atoms with Crippen molar-refractivity contribution in [2.45, 2.75) is 130 Å². The van der Waals surface area contributed by atoms with E-state index >= 15 is 0 Å². The monoisotopic (exact) mass is 406 g/mol. The molecule has 4 heteroatoms. The van der Waals surface area contributed by atoms with Gasteiger partial charge in [0.05, 0.1) is 0 Å². The van der Waals surface area contributed by atoms with Crippen LogP contribution in [0.25, 0.3) is 0 Å². The van der Waals surface area contributed by atoms with E-state index in [1.807, 2.05) is 0 Å². The molecule has 0 saturated carbocycles. The summed E-state index contributed by atoms with van der Waals surface area (Å²) < 4.78 is 0. The molecule has 3 aliphatic heterocycles. The average Bonchev–Trinajstić information content (AvgIpc) is 3.60. The molecule has 29 heavy (non-hydrogen) atoms. The predicted octanol–water partition coefficient (Wildman–Crippen LogP) is 5.95. The van der Waals surface area contributed by atoms with Crippen LogP contribution in [0.3, 0.4) is 0 Å². The molecule has 4 nitrogen and oxygen atoms in total. The van der Waals surface area contributed by atoms with E-state index in [2.05, 4.69) is 54.9 Å². The van der Waals surface area contributed by atoms with Crippen molar-refractivity contribution in [2.75, 3.05) is 26.2 Å². The van der Waals surface area contributed by atoms with Gasteiger partial charge in [0.1, 0.15) is 5.66 Å². The van der Waals surface area contributed by atoms with Crippen LogP contribution in [0, 0.1) is 5.41 Å². The molecular weight excluding hydrogens is 356 g/mol. The molecule has 3 aliphatic rings. The molecule has 0 radical (unpaired) electrons. The van der Waals surface area contributed by atoms with Gasteiger partial charge in [-0.05, 0) is 32.1 Å². The standard InChI is InChI=1S/C25H50N4/c1-6-11-15-23(10-5,16-12-7-2)25(27-19-20-27,28-21-22-28)29-24(26-29,17-13-8-3)18-14-9-4/h26H,6-22H2,1-5H3. The van der Waals surface area contributed by atoms with Crippen LogP contribution < -0.4 is 5.43 Å². The summed E-state index contributed by atoms with van der Waals surface area (Å²) in [6, 6.07) is 0. The summed E-state index contributed by atoms with van der Waals surface area (Å²) in [5.41, 5.74) is 4.70. The van der Waals surface area contributed by atoms with Crippen LogP contribution in [-0.2, 0) is 0 Å². The summed E-state index contributed by atoms with van der Waals surface area (Å²) in [4.78, 5) is 5.70. The zero-order valence-corrected chi connectivity index (χ0v) is 20.4. The predicted molar refractivity (Wildman–Crippen MR) is 124 cm³/mol. The molecule has 3 saturated heterocycles. The molecule has 0 aromatic carbocycles. The van der Waals surface area contributed by atoms with Gasteiger partial charge in [-0.25, -0.2) is 5.43 Å². The van der Waals surface area contributed by atoms with Crippen LogP contribution in [0.5, 0.6) is 0 Å². The third-order valence-electron chi connectivity index (χ3n) is 8.08. The van der Waals surface area contributed by atoms with Crippen molar-refractivity contribution in [2.24, 2.45) is 5.41 Å². The minimum atomic E-state index is 0.119. The second kappa shape index (κ2) is 9.97. The Labute approximate surface area is 181 Å². The van der Waals surface area contributed by atoms with Crippen molar-refractivity contribution in [1.82, 2.24) is 20.2 Å². The Morgan fingerprint density at radius 3 is 1.48 bits per heavy atom. The van der Waals surface area contributed by atoms with Crippen molar-refractivity contribution < 1.29 is 0 Å². The van der Waals surface area contributed by atoms with Crippen LogP contribution >= 0.6 is 0 Å². The lowest BCUT2D eigenvalue weighted by Crippen LogP contribution is -2.66. The fourth-order valence-electron chi connectivity index (χ4n) is 6.15. The lowest BCUT2D eigenvalue weighted by Gasteiger charge is -2.54. The first-order valence-electron chi connectivity index (χ1n) is 13.2. The lowest BCUT2D eigenvalue weighted by molar-refractivity contribution is -0.155. The van der Waals surface area contributed by atoms with Gasteiger partial charge in [0.25, 0.3) is 0 Å². The molecule has 0 spiro atoms. The van der Waals surface area contributed by atoms with Crippen molar-refractivity contribution >= 4 is 0 Å². The van der Waals surface area contributed by atoms with Gasteiger partial charge < -0.3 is 0 Å². The highest BCUT2D eigenvalue weighted by Crippen LogP contribution is 2.60. The van der Waals surface area contributed by atoms with Gasteiger partial charge in [-0.2, -0.15) is 5.01 Å². The molecule has 170 valence electrons. The summed E-state index contributed by atoms with van der Waals surface area (Å²) in [5, 5.41) is 2.83. The fourth-order valence-corrected chi connectivity index (χ4v) is 6.15. The van der Waals surface area contributed by atoms with E-state index in [0.717, 1.165) is 0 Å². The van der Waals surface area contributed by atoms with Crippen molar-refractivity contribution in [1.29, 1.82) is 0 Å². The van der Waals surface area contributed by atoms with Crippen LogP contribution in [0.15, 0.2) is 0 Å². The molecule has 1 unspecified atom stereocenters. The maximum Gasteiger partial charge on any atom is 0.151 e. The number of hydrogen-bond donors (Lipinski definition) is 1. The molecule has 3 fully saturated rings. The molecule has 3 heterocycles. The van der Waals surface area contributed by atoms with E-state index in [1.54, 1.807) is 0 Å². The Hall–Kier alpha value is -0.160. The molecule has 0 amide bonds. The van der Waals surface area contributed by atoms with Gasteiger partial charge >= 0.3 is 0 Å². The maximum atomic E-state index is 4.08. The van der Waals surface area contributed by atoms with Gasteiger partial charge in [-0.3, -0.25) is 9.80 Å². The van der Waals surface area contributed by atoms with Crippen LogP contribution in [0.1, 0.15) is 118 Å². The minimum absolute atomic E-state index is 0.119. The molecule has 0 aromatic heterocycles. The highest BCUT2D eigenvalue weighted by molar-refractivity contribution is 5.18. The average molecular weight is 407 g/mol. The van der Waals surface area contributed by atoms with Gasteiger partial charge in [0, 0.05) is 31.6 Å². The van der Waals surface area contributed by atoms with Gasteiger partial charge in [0.15, 0.2) is 5.79 Å². The number of unbranched alkanes of at least 4 members (excludes halogenated alkanes) is 4. The van der Waals surface area contributed by atoms with Crippen LogP contribution in [0.2, 0.25) is 0 Å². The summed E-state index contributed by atoms with van der Waals surface area (Å²) in [6.07, 6.45) is 17.3. The number of hydrogen-bond acceptors (Lipinski definition) is 4. The zero-order valence-electron chi connectivity index (χ0n) is 20.4. The number of hydrazine groups is 1. The summed E-state index contributed by atoms with van der Waals surface area (Å²) in [7, 11) is 0. The van der Waals surface area contributed by atoms with Crippen molar-refractivity contribution in [3.8, 4) is 0 Å². The van der Waals surface area contributed by atoms with E-state index in [-0.39, 0.29) is 11.4 Å². The Morgan fingerprint density at radius 2 is 1.14 bits per heavy atom. The molecule has 3 rings (SSSR count). The first-order valence-corrected chi connectivity index (χ1v) is 13.2. The molecule has 0 aliphatic carbocycles. The normalized spacial score (nSPS) is 24.1. The first-order chi connectivity index (χ1) is 14.1. The van der Waals surface area contributed by atoms with Crippen molar-refractivity contribution in [3.63, 3.8) is 0 Å². The number of rotatable bonds is 17. The largest absolute Gasteiger partial charge is 0.269 e. The Balaban J connectivity index is 1.98. The summed E-state index contributed by atoms with van der Waals surface area (Å²) in [6.45, 7) is 17.1. The quantitative estimate of drug-likeness (QED) is 0.303. The molecule has 1 atom stereocenters. The SMILES string of the molecule is CCCCC1(CCCC)NN1C(N1CC1)(N1CC1)C(CC)(CCCC)CCCC. The third kappa shape index (κ3) is 4.42. The van der Waals surface area contributed by atoms with E-state index in [9.17, 15) is 0 Å². The fraction of sp³-hybridized carbons (Fsp3) is 1.00. The van der Waals surface area contributed by atoms with Crippen LogP contribution in [-0.4, -0.2) is 52.4 Å². The summed E-state index contributed by atoms with van der Waals surface area (Å²) in [5.74, 6) is 0.119. The highest BCUT2D eigenvalue weighted by Gasteiger charge is 2.73. The topological polar surface area (TPSA) is 31.0 Å². The molecule has 0 aromatic rings. The summed E-state index contributed by atoms with van der Waals surface area (Å²) >= 11 is 0. The lowest BCUT2D eigenvalue weighted by atomic mass is 9.69. The third-order valence-corrected chi connectivity index (χ3v) is 8.08. The van der Waals surface area contributed by atoms with Gasteiger partial charge in [-0.1, -0.05) is 86.0 Å². The van der Waals surface area contributed by atoms with E-state index < -0.39 is 0 Å². The van der Waals surface area contributed by atoms with Gasteiger partial charge in [-0.15, -0.1) is 0 Å². The van der Waals surface area contributed by atoms with Crippen molar-refractivity contribution in [3.05, 3.63) is 0 Å². The second-order valence-electron chi connectivity index (χ2n) is 10.1. The second-order valence-corrected chi connectivity index (χ2v) is 10.1. The molecule has 0 bridgehead atoms. The molecule has 1 N–H and O–H groups in total.